The van der Waals surface area contributed by atoms with Crippen molar-refractivity contribution in [1.29, 1.82) is 0 Å². The minimum atomic E-state index is -0.143. The average Bonchev–Trinajstić information content (AvgIpc) is 2.49. The van der Waals surface area contributed by atoms with Gasteiger partial charge in [0.1, 0.15) is 5.82 Å². The molecule has 1 aromatic carbocycles. The average molecular weight is 292 g/mol. The van der Waals surface area contributed by atoms with Crippen molar-refractivity contribution in [3.8, 4) is 0 Å². The van der Waals surface area contributed by atoms with Gasteiger partial charge in [-0.2, -0.15) is 0 Å². The molecule has 1 saturated heterocycles. The highest BCUT2D eigenvalue weighted by atomic mass is 19.1. The van der Waals surface area contributed by atoms with E-state index in [2.05, 4.69) is 44.8 Å². The number of hydrogen-bond donors (Lipinski definition) is 1. The third kappa shape index (κ3) is 3.23. The van der Waals surface area contributed by atoms with Crippen LogP contribution in [0.2, 0.25) is 0 Å². The maximum Gasteiger partial charge on any atom is 0.125 e. The van der Waals surface area contributed by atoms with Gasteiger partial charge in [-0.05, 0) is 43.4 Å². The maximum absolute atomic E-state index is 13.7. The molecule has 0 radical (unpaired) electrons. The van der Waals surface area contributed by atoms with Crippen LogP contribution in [0.15, 0.2) is 18.2 Å². The van der Waals surface area contributed by atoms with Gasteiger partial charge in [0.25, 0.3) is 0 Å². The molecular weight excluding hydrogens is 263 g/mol. The van der Waals surface area contributed by atoms with Crippen molar-refractivity contribution in [2.24, 2.45) is 5.92 Å². The molecule has 21 heavy (non-hydrogen) atoms. The summed E-state index contributed by atoms with van der Waals surface area (Å²) in [4.78, 5) is 2.44. The first-order valence-corrected chi connectivity index (χ1v) is 8.20. The Kier molecular flexibility index (Phi) is 4.92. The Morgan fingerprint density at radius 3 is 2.57 bits per heavy atom. The highest BCUT2D eigenvalue weighted by molar-refractivity contribution is 5.55. The Bertz CT molecular complexity index is 480. The van der Waals surface area contributed by atoms with E-state index in [1.165, 1.54) is 0 Å². The van der Waals surface area contributed by atoms with Gasteiger partial charge in [-0.25, -0.2) is 4.39 Å². The van der Waals surface area contributed by atoms with Crippen LogP contribution in [0.5, 0.6) is 0 Å². The number of nitrogens with zero attached hydrogens (tertiary/aromatic N) is 1. The third-order valence-electron chi connectivity index (χ3n) is 5.16. The molecule has 0 aromatic heterocycles. The molecule has 1 aliphatic heterocycles. The molecule has 0 amide bonds. The highest BCUT2D eigenvalue weighted by Gasteiger charge is 2.38. The summed E-state index contributed by atoms with van der Waals surface area (Å²) in [7, 11) is 0. The second kappa shape index (κ2) is 6.35. The SMILES string of the molecule is CCC1(CC)CN(c2cc(F)ccc2C)C(C(C)C)CN1. The fourth-order valence-corrected chi connectivity index (χ4v) is 3.41. The van der Waals surface area contributed by atoms with Crippen LogP contribution in [0.1, 0.15) is 46.1 Å². The van der Waals surface area contributed by atoms with Crippen LogP contribution in [0.25, 0.3) is 0 Å². The van der Waals surface area contributed by atoms with E-state index in [4.69, 9.17) is 0 Å². The van der Waals surface area contributed by atoms with Crippen molar-refractivity contribution < 1.29 is 4.39 Å². The fraction of sp³-hybridized carbons (Fsp3) is 0.667. The monoisotopic (exact) mass is 292 g/mol. The molecule has 118 valence electrons. The summed E-state index contributed by atoms with van der Waals surface area (Å²) in [6.07, 6.45) is 2.19. The molecule has 0 bridgehead atoms. The number of nitrogens with one attached hydrogen (secondary N) is 1. The Hall–Kier alpha value is -1.09. The molecule has 1 fully saturated rings. The van der Waals surface area contributed by atoms with Crippen molar-refractivity contribution in [2.75, 3.05) is 18.0 Å². The van der Waals surface area contributed by atoms with Gasteiger partial charge in [-0.15, -0.1) is 0 Å². The quantitative estimate of drug-likeness (QED) is 0.897. The van der Waals surface area contributed by atoms with Gasteiger partial charge in [0, 0.05) is 30.4 Å². The lowest BCUT2D eigenvalue weighted by Crippen LogP contribution is -2.65. The number of piperazine rings is 1. The summed E-state index contributed by atoms with van der Waals surface area (Å²) in [5, 5.41) is 3.76. The molecule has 2 nitrogen and oxygen atoms in total. The first-order chi connectivity index (χ1) is 9.92. The normalized spacial score (nSPS) is 21.9. The lowest BCUT2D eigenvalue weighted by molar-refractivity contribution is 0.227. The standard InChI is InChI=1S/C18H29FN2/c1-6-18(7-2)12-21(17(11-20-18)13(3)4)16-10-15(19)9-8-14(16)5/h8-10,13,17,20H,6-7,11-12H2,1-5H3. The summed E-state index contributed by atoms with van der Waals surface area (Å²) in [6.45, 7) is 13.0. The molecule has 1 aromatic rings. The molecule has 0 aliphatic carbocycles. The third-order valence-corrected chi connectivity index (χ3v) is 5.16. The number of halogens is 1. The van der Waals surface area contributed by atoms with Gasteiger partial charge in [0.05, 0.1) is 0 Å². The van der Waals surface area contributed by atoms with E-state index in [9.17, 15) is 4.39 Å². The molecule has 3 heteroatoms. The van der Waals surface area contributed by atoms with E-state index in [1.54, 1.807) is 12.1 Å². The van der Waals surface area contributed by atoms with E-state index in [-0.39, 0.29) is 11.4 Å². The Labute approximate surface area is 128 Å². The van der Waals surface area contributed by atoms with Gasteiger partial charge < -0.3 is 10.2 Å². The molecule has 0 spiro atoms. The van der Waals surface area contributed by atoms with Crippen LogP contribution >= 0.6 is 0 Å². The van der Waals surface area contributed by atoms with Gasteiger partial charge >= 0.3 is 0 Å². The van der Waals surface area contributed by atoms with Crippen LogP contribution in [0.3, 0.4) is 0 Å². The Morgan fingerprint density at radius 1 is 1.33 bits per heavy atom. The first-order valence-electron chi connectivity index (χ1n) is 8.20. The number of rotatable bonds is 4. The van der Waals surface area contributed by atoms with E-state index in [0.717, 1.165) is 37.2 Å². The van der Waals surface area contributed by atoms with Crippen molar-refractivity contribution in [3.63, 3.8) is 0 Å². The first kappa shape index (κ1) is 16.3. The molecular formula is C18H29FN2. The smallest absolute Gasteiger partial charge is 0.125 e. The molecule has 1 unspecified atom stereocenters. The molecule has 2 rings (SSSR count). The number of aryl methyl sites for hydroxylation is 1. The summed E-state index contributed by atoms with van der Waals surface area (Å²) in [5.41, 5.74) is 2.36. The topological polar surface area (TPSA) is 15.3 Å². The summed E-state index contributed by atoms with van der Waals surface area (Å²) in [6, 6.07) is 5.56. The molecule has 1 atom stereocenters. The maximum atomic E-state index is 13.7. The van der Waals surface area contributed by atoms with Gasteiger partial charge in [0.2, 0.25) is 0 Å². The van der Waals surface area contributed by atoms with Crippen LogP contribution in [-0.4, -0.2) is 24.7 Å². The summed E-state index contributed by atoms with van der Waals surface area (Å²) >= 11 is 0. The predicted octanol–water partition coefficient (Wildman–Crippen LogP) is 4.13. The number of anilines is 1. The molecule has 1 N–H and O–H groups in total. The zero-order chi connectivity index (χ0) is 15.6. The van der Waals surface area contributed by atoms with Crippen LogP contribution in [-0.2, 0) is 0 Å². The van der Waals surface area contributed by atoms with E-state index in [1.807, 2.05) is 6.07 Å². The zero-order valence-electron chi connectivity index (χ0n) is 14.0. The van der Waals surface area contributed by atoms with E-state index < -0.39 is 0 Å². The van der Waals surface area contributed by atoms with Crippen LogP contribution in [0.4, 0.5) is 10.1 Å². The number of benzene rings is 1. The number of hydrogen-bond acceptors (Lipinski definition) is 2. The van der Waals surface area contributed by atoms with Gasteiger partial charge in [-0.1, -0.05) is 33.8 Å². The second-order valence-electron chi connectivity index (χ2n) is 6.74. The van der Waals surface area contributed by atoms with E-state index in [0.29, 0.717) is 12.0 Å². The lowest BCUT2D eigenvalue weighted by atomic mass is 9.85. The lowest BCUT2D eigenvalue weighted by Gasteiger charge is -2.50. The molecule has 1 heterocycles. The minimum Gasteiger partial charge on any atom is -0.365 e. The van der Waals surface area contributed by atoms with Crippen molar-refractivity contribution in [1.82, 2.24) is 5.32 Å². The molecule has 1 aliphatic rings. The summed E-state index contributed by atoms with van der Waals surface area (Å²) < 4.78 is 13.7. The van der Waals surface area contributed by atoms with Crippen LogP contribution in [0, 0.1) is 18.7 Å². The van der Waals surface area contributed by atoms with Gasteiger partial charge in [-0.3, -0.25) is 0 Å². The van der Waals surface area contributed by atoms with Crippen molar-refractivity contribution >= 4 is 5.69 Å². The zero-order valence-corrected chi connectivity index (χ0v) is 14.0. The van der Waals surface area contributed by atoms with Crippen LogP contribution < -0.4 is 10.2 Å². The van der Waals surface area contributed by atoms with E-state index >= 15 is 0 Å². The van der Waals surface area contributed by atoms with Gasteiger partial charge in [0.15, 0.2) is 0 Å². The molecule has 0 saturated carbocycles. The fourth-order valence-electron chi connectivity index (χ4n) is 3.41. The second-order valence-corrected chi connectivity index (χ2v) is 6.74. The van der Waals surface area contributed by atoms with Crippen molar-refractivity contribution in [3.05, 3.63) is 29.6 Å². The van der Waals surface area contributed by atoms with Crippen molar-refractivity contribution in [2.45, 2.75) is 59.0 Å². The predicted molar refractivity (Wildman–Crippen MR) is 88.4 cm³/mol. The Balaban J connectivity index is 2.40. The minimum absolute atomic E-state index is 0.143. The highest BCUT2D eigenvalue weighted by Crippen LogP contribution is 2.32. The Morgan fingerprint density at radius 2 is 2.00 bits per heavy atom. The summed E-state index contributed by atoms with van der Waals surface area (Å²) in [5.74, 6) is 0.391. The largest absolute Gasteiger partial charge is 0.365 e.